The largest absolute Gasteiger partial charge is 0.325 e. The smallest absolute Gasteiger partial charge is 0.251 e. The Kier molecular flexibility index (Phi) is 5.38. The van der Waals surface area contributed by atoms with E-state index >= 15 is 0 Å². The number of carbonyl (C=O) groups is 1. The first-order valence-electron chi connectivity index (χ1n) is 7.08. The van der Waals surface area contributed by atoms with Gasteiger partial charge in [-0.05, 0) is 37.5 Å². The fourth-order valence-electron chi connectivity index (χ4n) is 1.92. The van der Waals surface area contributed by atoms with E-state index in [0.717, 1.165) is 22.5 Å². The standard InChI is InChI=1S/C16H19N3O2S/c1-4-12-8-14(20)19-16(17-12)22-9-15(21)18-13-7-10(2)5-6-11(13)3/h5-8H,4,9H2,1-3H3,(H,18,21)(H,17,19,20). The Balaban J connectivity index is 2.00. The third kappa shape index (κ3) is 4.46. The third-order valence-corrected chi connectivity index (χ3v) is 4.02. The zero-order valence-corrected chi connectivity index (χ0v) is 13.7. The molecule has 116 valence electrons. The molecule has 0 aliphatic heterocycles. The van der Waals surface area contributed by atoms with Crippen molar-refractivity contribution in [2.75, 3.05) is 11.1 Å². The van der Waals surface area contributed by atoms with Crippen molar-refractivity contribution in [3.63, 3.8) is 0 Å². The van der Waals surface area contributed by atoms with Crippen molar-refractivity contribution in [2.45, 2.75) is 32.3 Å². The van der Waals surface area contributed by atoms with E-state index in [0.29, 0.717) is 11.6 Å². The van der Waals surface area contributed by atoms with Crippen LogP contribution in [0.1, 0.15) is 23.7 Å². The number of amides is 1. The van der Waals surface area contributed by atoms with Crippen LogP contribution in [0.5, 0.6) is 0 Å². The molecule has 2 rings (SSSR count). The number of nitrogens with one attached hydrogen (secondary N) is 2. The molecule has 22 heavy (non-hydrogen) atoms. The number of thioether (sulfide) groups is 1. The minimum atomic E-state index is -0.190. The van der Waals surface area contributed by atoms with Gasteiger partial charge in [0.25, 0.3) is 5.56 Å². The highest BCUT2D eigenvalue weighted by Crippen LogP contribution is 2.18. The van der Waals surface area contributed by atoms with Crippen molar-refractivity contribution in [1.82, 2.24) is 9.97 Å². The van der Waals surface area contributed by atoms with Gasteiger partial charge in [-0.1, -0.05) is 30.8 Å². The van der Waals surface area contributed by atoms with Gasteiger partial charge in [0.1, 0.15) is 0 Å². The van der Waals surface area contributed by atoms with E-state index in [9.17, 15) is 9.59 Å². The normalized spacial score (nSPS) is 10.5. The predicted molar refractivity (Wildman–Crippen MR) is 89.5 cm³/mol. The van der Waals surface area contributed by atoms with Crippen molar-refractivity contribution in [3.8, 4) is 0 Å². The monoisotopic (exact) mass is 317 g/mol. The van der Waals surface area contributed by atoms with E-state index in [1.54, 1.807) is 0 Å². The van der Waals surface area contributed by atoms with Gasteiger partial charge < -0.3 is 10.3 Å². The molecule has 2 aromatic rings. The molecule has 6 heteroatoms. The maximum atomic E-state index is 12.0. The molecule has 0 spiro atoms. The average Bonchev–Trinajstić information content (AvgIpc) is 2.48. The van der Waals surface area contributed by atoms with Gasteiger partial charge >= 0.3 is 0 Å². The average molecular weight is 317 g/mol. The summed E-state index contributed by atoms with van der Waals surface area (Å²) in [5.41, 5.74) is 3.46. The number of aryl methyl sites for hydroxylation is 3. The molecule has 2 N–H and O–H groups in total. The lowest BCUT2D eigenvalue weighted by atomic mass is 10.1. The number of nitrogens with zero attached hydrogens (tertiary/aromatic N) is 1. The Bertz CT molecular complexity index is 740. The van der Waals surface area contributed by atoms with Crippen LogP contribution in [0.25, 0.3) is 0 Å². The molecule has 1 aromatic carbocycles. The molecule has 0 radical (unpaired) electrons. The van der Waals surface area contributed by atoms with E-state index in [-0.39, 0.29) is 17.2 Å². The van der Waals surface area contributed by atoms with Gasteiger partial charge in [0.2, 0.25) is 5.91 Å². The highest BCUT2D eigenvalue weighted by atomic mass is 32.2. The van der Waals surface area contributed by atoms with Crippen LogP contribution >= 0.6 is 11.8 Å². The Morgan fingerprint density at radius 2 is 2.09 bits per heavy atom. The fraction of sp³-hybridized carbons (Fsp3) is 0.312. The summed E-state index contributed by atoms with van der Waals surface area (Å²) >= 11 is 1.22. The van der Waals surface area contributed by atoms with Crippen LogP contribution in [0.15, 0.2) is 34.2 Å². The Hall–Kier alpha value is -2.08. The van der Waals surface area contributed by atoms with Crippen LogP contribution in [0, 0.1) is 13.8 Å². The molecule has 1 aromatic heterocycles. The zero-order valence-electron chi connectivity index (χ0n) is 12.9. The maximum Gasteiger partial charge on any atom is 0.251 e. The third-order valence-electron chi connectivity index (χ3n) is 3.14. The summed E-state index contributed by atoms with van der Waals surface area (Å²) in [4.78, 5) is 30.4. The first-order chi connectivity index (χ1) is 10.5. The molecule has 1 heterocycles. The summed E-state index contributed by atoms with van der Waals surface area (Å²) in [6.45, 7) is 5.87. The van der Waals surface area contributed by atoms with E-state index in [1.807, 2.05) is 39.0 Å². The minimum Gasteiger partial charge on any atom is -0.325 e. The number of rotatable bonds is 5. The highest BCUT2D eigenvalue weighted by molar-refractivity contribution is 7.99. The van der Waals surface area contributed by atoms with Crippen LogP contribution in [-0.2, 0) is 11.2 Å². The molecule has 1 amide bonds. The van der Waals surface area contributed by atoms with E-state index in [1.165, 1.54) is 17.8 Å². The lowest BCUT2D eigenvalue weighted by molar-refractivity contribution is -0.113. The van der Waals surface area contributed by atoms with E-state index in [4.69, 9.17) is 0 Å². The number of aromatic nitrogens is 2. The lowest BCUT2D eigenvalue weighted by Gasteiger charge is -2.09. The van der Waals surface area contributed by atoms with Gasteiger partial charge in [-0.3, -0.25) is 9.59 Å². The number of carbonyl (C=O) groups excluding carboxylic acids is 1. The van der Waals surface area contributed by atoms with Gasteiger partial charge in [-0.25, -0.2) is 4.98 Å². The summed E-state index contributed by atoms with van der Waals surface area (Å²) < 4.78 is 0. The molecular weight excluding hydrogens is 298 g/mol. The van der Waals surface area contributed by atoms with E-state index in [2.05, 4.69) is 15.3 Å². The van der Waals surface area contributed by atoms with Gasteiger partial charge in [0.15, 0.2) is 5.16 Å². The quantitative estimate of drug-likeness (QED) is 0.657. The number of hydrogen-bond acceptors (Lipinski definition) is 4. The Labute approximate surface area is 133 Å². The number of aromatic amines is 1. The molecule has 0 fully saturated rings. The van der Waals surface area contributed by atoms with Crippen molar-refractivity contribution in [1.29, 1.82) is 0 Å². The van der Waals surface area contributed by atoms with Gasteiger partial charge in [-0.15, -0.1) is 0 Å². The van der Waals surface area contributed by atoms with Crippen molar-refractivity contribution in [3.05, 3.63) is 51.4 Å². The molecule has 0 saturated carbocycles. The predicted octanol–water partition coefficient (Wildman–Crippen LogP) is 2.68. The topological polar surface area (TPSA) is 74.8 Å². The van der Waals surface area contributed by atoms with Crippen molar-refractivity contribution < 1.29 is 4.79 Å². The van der Waals surface area contributed by atoms with Crippen molar-refractivity contribution in [2.24, 2.45) is 0 Å². The SMILES string of the molecule is CCc1cc(=O)[nH]c(SCC(=O)Nc2cc(C)ccc2C)n1. The first-order valence-corrected chi connectivity index (χ1v) is 8.06. The minimum absolute atomic E-state index is 0.122. The highest BCUT2D eigenvalue weighted by Gasteiger charge is 2.08. The van der Waals surface area contributed by atoms with Gasteiger partial charge in [0.05, 0.1) is 5.75 Å². The number of H-pyrrole nitrogens is 1. The Morgan fingerprint density at radius 1 is 1.32 bits per heavy atom. The summed E-state index contributed by atoms with van der Waals surface area (Å²) in [6, 6.07) is 7.39. The summed E-state index contributed by atoms with van der Waals surface area (Å²) in [7, 11) is 0. The fourth-order valence-corrected chi connectivity index (χ4v) is 2.62. The van der Waals surface area contributed by atoms with Crippen LogP contribution in [0.3, 0.4) is 0 Å². The van der Waals surface area contributed by atoms with Gasteiger partial charge in [0, 0.05) is 17.4 Å². The molecule has 0 saturated heterocycles. The van der Waals surface area contributed by atoms with Crippen LogP contribution in [-0.4, -0.2) is 21.6 Å². The van der Waals surface area contributed by atoms with Crippen LogP contribution < -0.4 is 10.9 Å². The number of hydrogen-bond donors (Lipinski definition) is 2. The molecule has 0 unspecified atom stereocenters. The first kappa shape index (κ1) is 16.3. The summed E-state index contributed by atoms with van der Waals surface area (Å²) in [6.07, 6.45) is 0.687. The molecule has 0 atom stereocenters. The zero-order chi connectivity index (χ0) is 16.1. The van der Waals surface area contributed by atoms with Gasteiger partial charge in [-0.2, -0.15) is 0 Å². The second kappa shape index (κ2) is 7.26. The molecule has 0 aliphatic carbocycles. The molecule has 0 bridgehead atoms. The van der Waals surface area contributed by atoms with E-state index < -0.39 is 0 Å². The number of benzene rings is 1. The second-order valence-corrected chi connectivity index (χ2v) is 6.01. The molecule has 0 aliphatic rings. The van der Waals surface area contributed by atoms with Crippen LogP contribution in [0.2, 0.25) is 0 Å². The molecule has 5 nitrogen and oxygen atoms in total. The summed E-state index contributed by atoms with van der Waals surface area (Å²) in [5.74, 6) is 0.0759. The maximum absolute atomic E-state index is 12.0. The lowest BCUT2D eigenvalue weighted by Crippen LogP contribution is -2.16. The molecular formula is C16H19N3O2S. The second-order valence-electron chi connectivity index (χ2n) is 5.05. The van der Waals surface area contributed by atoms with Crippen molar-refractivity contribution >= 4 is 23.4 Å². The van der Waals surface area contributed by atoms with Crippen LogP contribution in [0.4, 0.5) is 5.69 Å². The summed E-state index contributed by atoms with van der Waals surface area (Å²) in [5, 5.41) is 3.36. The number of anilines is 1. The Morgan fingerprint density at radius 3 is 2.82 bits per heavy atom.